The van der Waals surface area contributed by atoms with E-state index in [0.717, 1.165) is 37.2 Å². The first-order valence-corrected chi connectivity index (χ1v) is 11.1. The smallest absolute Gasteiger partial charge is 0.277 e. The van der Waals surface area contributed by atoms with Crippen molar-refractivity contribution in [2.75, 3.05) is 33.4 Å². The van der Waals surface area contributed by atoms with E-state index in [1.807, 2.05) is 24.8 Å². The third-order valence-corrected chi connectivity index (χ3v) is 6.61. The first-order valence-electron chi connectivity index (χ1n) is 11.1. The monoisotopic (exact) mass is 429 g/mol. The van der Waals surface area contributed by atoms with Crippen LogP contribution in [0.15, 0.2) is 10.9 Å². The molecule has 2 atom stereocenters. The molecule has 9 heteroatoms. The standard InChI is InChI=1S/C22H31N5O4/c1-4-14(2)21(29)26-8-5-6-15(11-26)18-10-19-23-17-7-9-25(20(28)13-31-3)12-16(17)22(30)27(19)24-18/h10,14-15,24H,4-9,11-13H2,1-3H3. The third-order valence-electron chi connectivity index (χ3n) is 6.61. The van der Waals surface area contributed by atoms with Gasteiger partial charge in [-0.25, -0.2) is 9.50 Å². The number of carbonyl (C=O) groups excluding carboxylic acids is 2. The first kappa shape index (κ1) is 21.5. The quantitative estimate of drug-likeness (QED) is 0.772. The van der Waals surface area contributed by atoms with Crippen molar-refractivity contribution >= 4 is 17.5 Å². The van der Waals surface area contributed by atoms with Gasteiger partial charge in [-0.1, -0.05) is 13.8 Å². The summed E-state index contributed by atoms with van der Waals surface area (Å²) >= 11 is 0. The number of methoxy groups -OCH3 is 1. The Morgan fingerprint density at radius 2 is 2.13 bits per heavy atom. The molecule has 0 aromatic carbocycles. The van der Waals surface area contributed by atoms with Crippen LogP contribution in [0.25, 0.3) is 5.65 Å². The van der Waals surface area contributed by atoms with E-state index in [4.69, 9.17) is 9.72 Å². The summed E-state index contributed by atoms with van der Waals surface area (Å²) in [4.78, 5) is 46.3. The average molecular weight is 430 g/mol. The number of aromatic amines is 1. The highest BCUT2D eigenvalue weighted by Crippen LogP contribution is 2.28. The van der Waals surface area contributed by atoms with Gasteiger partial charge in [0.2, 0.25) is 11.8 Å². The van der Waals surface area contributed by atoms with Crippen molar-refractivity contribution in [3.05, 3.63) is 33.4 Å². The molecule has 0 radical (unpaired) electrons. The molecule has 0 aliphatic carbocycles. The normalized spacial score (nSPS) is 20.0. The summed E-state index contributed by atoms with van der Waals surface area (Å²) in [5, 5.41) is 3.23. The number of ether oxygens (including phenoxy) is 1. The lowest BCUT2D eigenvalue weighted by Gasteiger charge is -2.33. The van der Waals surface area contributed by atoms with Gasteiger partial charge in [0.15, 0.2) is 5.65 Å². The SMILES string of the molecule is CCC(C)C(=O)N1CCCC(c2cc3nc4c(c(=O)n3[nH]2)CN(C(=O)COC)CC4)C1. The number of fused-ring (bicyclic) bond motifs is 2. The predicted octanol–water partition coefficient (Wildman–Crippen LogP) is 1.31. The summed E-state index contributed by atoms with van der Waals surface area (Å²) in [6.45, 7) is 6.24. The Morgan fingerprint density at radius 1 is 1.32 bits per heavy atom. The van der Waals surface area contributed by atoms with Crippen molar-refractivity contribution in [2.24, 2.45) is 5.92 Å². The van der Waals surface area contributed by atoms with Crippen molar-refractivity contribution < 1.29 is 14.3 Å². The minimum absolute atomic E-state index is 0.00649. The molecule has 4 rings (SSSR count). The lowest BCUT2D eigenvalue weighted by Crippen LogP contribution is -2.42. The fourth-order valence-corrected chi connectivity index (χ4v) is 4.55. The van der Waals surface area contributed by atoms with Crippen LogP contribution in [-0.2, 0) is 27.3 Å². The van der Waals surface area contributed by atoms with E-state index in [0.29, 0.717) is 30.7 Å². The van der Waals surface area contributed by atoms with Crippen molar-refractivity contribution in [2.45, 2.75) is 52.0 Å². The van der Waals surface area contributed by atoms with E-state index in [1.165, 1.54) is 11.6 Å². The minimum Gasteiger partial charge on any atom is -0.375 e. The predicted molar refractivity (Wildman–Crippen MR) is 115 cm³/mol. The van der Waals surface area contributed by atoms with E-state index in [9.17, 15) is 14.4 Å². The van der Waals surface area contributed by atoms with Crippen molar-refractivity contribution in [3.8, 4) is 0 Å². The highest BCUT2D eigenvalue weighted by molar-refractivity contribution is 5.78. The van der Waals surface area contributed by atoms with E-state index in [2.05, 4.69) is 5.10 Å². The van der Waals surface area contributed by atoms with Crippen molar-refractivity contribution in [1.82, 2.24) is 24.4 Å². The summed E-state index contributed by atoms with van der Waals surface area (Å²) in [7, 11) is 1.49. The molecule has 4 heterocycles. The number of aromatic nitrogens is 3. The molecule has 1 N–H and O–H groups in total. The Labute approximate surface area is 181 Å². The topological polar surface area (TPSA) is 100 Å². The number of nitrogens with zero attached hydrogens (tertiary/aromatic N) is 4. The van der Waals surface area contributed by atoms with Gasteiger partial charge in [0.05, 0.1) is 17.8 Å². The summed E-state index contributed by atoms with van der Waals surface area (Å²) < 4.78 is 6.42. The Balaban J connectivity index is 1.59. The number of rotatable bonds is 5. The molecule has 2 aliphatic heterocycles. The summed E-state index contributed by atoms with van der Waals surface area (Å²) in [5.41, 5.74) is 2.68. The molecule has 1 saturated heterocycles. The highest BCUT2D eigenvalue weighted by Gasteiger charge is 2.29. The van der Waals surface area contributed by atoms with E-state index >= 15 is 0 Å². The first-order chi connectivity index (χ1) is 14.9. The molecule has 0 spiro atoms. The maximum absolute atomic E-state index is 13.2. The van der Waals surface area contributed by atoms with E-state index in [1.54, 1.807) is 4.90 Å². The van der Waals surface area contributed by atoms with Crippen LogP contribution in [0.2, 0.25) is 0 Å². The van der Waals surface area contributed by atoms with Crippen LogP contribution in [0.3, 0.4) is 0 Å². The van der Waals surface area contributed by atoms with E-state index < -0.39 is 0 Å². The molecule has 2 aromatic rings. The van der Waals surface area contributed by atoms with Crippen LogP contribution < -0.4 is 5.56 Å². The molecular weight excluding hydrogens is 398 g/mol. The molecule has 2 amide bonds. The highest BCUT2D eigenvalue weighted by atomic mass is 16.5. The van der Waals surface area contributed by atoms with Gasteiger partial charge >= 0.3 is 0 Å². The van der Waals surface area contributed by atoms with Crippen molar-refractivity contribution in [1.29, 1.82) is 0 Å². The van der Waals surface area contributed by atoms with Crippen LogP contribution in [0.4, 0.5) is 0 Å². The molecule has 31 heavy (non-hydrogen) atoms. The molecule has 2 aromatic heterocycles. The lowest BCUT2D eigenvalue weighted by molar-refractivity contribution is -0.137. The van der Waals surface area contributed by atoms with Crippen LogP contribution in [0, 0.1) is 5.92 Å². The number of amides is 2. The fourth-order valence-electron chi connectivity index (χ4n) is 4.55. The molecule has 2 unspecified atom stereocenters. The number of piperidine rings is 1. The molecule has 9 nitrogen and oxygen atoms in total. The Kier molecular flexibility index (Phi) is 6.13. The molecule has 1 fully saturated rings. The van der Waals surface area contributed by atoms with Gasteiger partial charge in [0.25, 0.3) is 5.56 Å². The molecule has 0 saturated carbocycles. The van der Waals surface area contributed by atoms with Gasteiger partial charge in [-0.05, 0) is 19.3 Å². The Morgan fingerprint density at radius 3 is 2.87 bits per heavy atom. The second-order valence-electron chi connectivity index (χ2n) is 8.68. The fraction of sp³-hybridized carbons (Fsp3) is 0.636. The number of likely N-dealkylation sites (tertiary alicyclic amines) is 1. The van der Waals surface area contributed by atoms with Crippen LogP contribution in [0.5, 0.6) is 0 Å². The van der Waals surface area contributed by atoms with Crippen LogP contribution in [0.1, 0.15) is 56.0 Å². The van der Waals surface area contributed by atoms with Gasteiger partial charge in [0.1, 0.15) is 6.61 Å². The molecule has 2 aliphatic rings. The van der Waals surface area contributed by atoms with Gasteiger partial charge in [-0.15, -0.1) is 0 Å². The third kappa shape index (κ3) is 4.11. The lowest BCUT2D eigenvalue weighted by atomic mass is 9.93. The van der Waals surface area contributed by atoms with Crippen LogP contribution in [-0.4, -0.2) is 69.6 Å². The van der Waals surface area contributed by atoms with Crippen molar-refractivity contribution in [3.63, 3.8) is 0 Å². The van der Waals surface area contributed by atoms with Gasteiger partial charge in [-0.3, -0.25) is 19.5 Å². The molecular formula is C22H31N5O4. The van der Waals surface area contributed by atoms with Crippen LogP contribution >= 0.6 is 0 Å². The number of H-pyrrole nitrogens is 1. The summed E-state index contributed by atoms with van der Waals surface area (Å²) in [5.74, 6) is 0.258. The second-order valence-corrected chi connectivity index (χ2v) is 8.68. The largest absolute Gasteiger partial charge is 0.375 e. The number of carbonyl (C=O) groups is 2. The Bertz CT molecular complexity index is 1040. The van der Waals surface area contributed by atoms with Gasteiger partial charge in [0, 0.05) is 56.8 Å². The maximum Gasteiger partial charge on any atom is 0.277 e. The minimum atomic E-state index is -0.162. The van der Waals surface area contributed by atoms with Gasteiger partial charge < -0.3 is 14.5 Å². The Hall–Kier alpha value is -2.68. The number of hydrogen-bond donors (Lipinski definition) is 1. The van der Waals surface area contributed by atoms with E-state index in [-0.39, 0.29) is 42.4 Å². The molecule has 168 valence electrons. The molecule has 0 bridgehead atoms. The zero-order valence-electron chi connectivity index (χ0n) is 18.5. The maximum atomic E-state index is 13.2. The van der Waals surface area contributed by atoms with Gasteiger partial charge in [-0.2, -0.15) is 0 Å². The number of hydrogen-bond acceptors (Lipinski definition) is 5. The average Bonchev–Trinajstić information content (AvgIpc) is 3.22. The second kappa shape index (κ2) is 8.82. The summed E-state index contributed by atoms with van der Waals surface area (Å²) in [6, 6.07) is 1.94. The zero-order valence-corrected chi connectivity index (χ0v) is 18.5. The zero-order chi connectivity index (χ0) is 22.1. The summed E-state index contributed by atoms with van der Waals surface area (Å²) in [6.07, 6.45) is 3.29. The number of nitrogens with one attached hydrogen (secondary N) is 1.